The van der Waals surface area contributed by atoms with E-state index in [4.69, 9.17) is 0 Å². The molecule has 4 rings (SSSR count). The Morgan fingerprint density at radius 2 is 2.24 bits per heavy atom. The van der Waals surface area contributed by atoms with Gasteiger partial charge in [-0.15, -0.1) is 11.3 Å². The van der Waals surface area contributed by atoms with Crippen molar-refractivity contribution in [3.63, 3.8) is 0 Å². The van der Waals surface area contributed by atoms with Crippen molar-refractivity contribution in [2.24, 2.45) is 0 Å². The van der Waals surface area contributed by atoms with E-state index >= 15 is 0 Å². The summed E-state index contributed by atoms with van der Waals surface area (Å²) in [4.78, 5) is 14.7. The van der Waals surface area contributed by atoms with Crippen LogP contribution < -0.4 is 5.32 Å². The standard InChI is InChI=1S/C15H16N4S2/c1-10-9-20-14(18-10)15(5-3-6-15)17-8-12-19-11-4-2-7-16-13(11)21-12/h2,4,7,9,17H,3,5-6,8H2,1H3. The minimum absolute atomic E-state index is 0.0736. The number of nitrogens with one attached hydrogen (secondary N) is 1. The zero-order valence-corrected chi connectivity index (χ0v) is 13.4. The van der Waals surface area contributed by atoms with Crippen molar-refractivity contribution in [3.8, 4) is 0 Å². The highest BCUT2D eigenvalue weighted by atomic mass is 32.1. The van der Waals surface area contributed by atoms with Crippen LogP contribution in [0, 0.1) is 6.92 Å². The molecule has 0 atom stereocenters. The first-order valence-electron chi connectivity index (χ1n) is 7.13. The number of thiazole rings is 2. The zero-order valence-electron chi connectivity index (χ0n) is 11.8. The average molecular weight is 316 g/mol. The zero-order chi connectivity index (χ0) is 14.3. The summed E-state index contributed by atoms with van der Waals surface area (Å²) >= 11 is 3.44. The predicted molar refractivity (Wildman–Crippen MR) is 86.6 cm³/mol. The smallest absolute Gasteiger partial charge is 0.143 e. The molecule has 4 nitrogen and oxygen atoms in total. The van der Waals surface area contributed by atoms with E-state index in [1.165, 1.54) is 24.3 Å². The van der Waals surface area contributed by atoms with Gasteiger partial charge in [0.1, 0.15) is 20.4 Å². The molecule has 0 spiro atoms. The fourth-order valence-electron chi connectivity index (χ4n) is 2.71. The lowest BCUT2D eigenvalue weighted by Gasteiger charge is -2.41. The van der Waals surface area contributed by atoms with Gasteiger partial charge in [0.25, 0.3) is 0 Å². The monoisotopic (exact) mass is 316 g/mol. The summed E-state index contributed by atoms with van der Waals surface area (Å²) in [6, 6.07) is 3.96. The topological polar surface area (TPSA) is 50.7 Å². The van der Waals surface area contributed by atoms with Gasteiger partial charge in [0.2, 0.25) is 0 Å². The molecule has 0 radical (unpaired) electrons. The maximum absolute atomic E-state index is 4.69. The molecule has 0 unspecified atom stereocenters. The summed E-state index contributed by atoms with van der Waals surface area (Å²) in [6.07, 6.45) is 5.43. The molecule has 0 aliphatic heterocycles. The molecule has 21 heavy (non-hydrogen) atoms. The van der Waals surface area contributed by atoms with Gasteiger partial charge in [-0.25, -0.2) is 15.0 Å². The summed E-state index contributed by atoms with van der Waals surface area (Å²) in [5, 5.41) is 8.17. The Bertz CT molecular complexity index is 740. The Kier molecular flexibility index (Phi) is 3.24. The summed E-state index contributed by atoms with van der Waals surface area (Å²) in [5.74, 6) is 0. The largest absolute Gasteiger partial charge is 0.299 e. The number of hydrogen-bond donors (Lipinski definition) is 1. The molecule has 0 bridgehead atoms. The SMILES string of the molecule is Cc1csc(C2(NCc3nc4cccnc4s3)CCC2)n1. The average Bonchev–Trinajstić information content (AvgIpc) is 3.03. The molecule has 0 aromatic carbocycles. The molecule has 0 saturated heterocycles. The van der Waals surface area contributed by atoms with Crippen LogP contribution in [0.5, 0.6) is 0 Å². The van der Waals surface area contributed by atoms with Gasteiger partial charge < -0.3 is 0 Å². The summed E-state index contributed by atoms with van der Waals surface area (Å²) < 4.78 is 0. The third-order valence-corrected chi connectivity index (χ3v) is 6.17. The fourth-order valence-corrected chi connectivity index (χ4v) is 4.58. The number of fused-ring (bicyclic) bond motifs is 1. The lowest BCUT2D eigenvalue weighted by Crippen LogP contribution is -2.47. The Balaban J connectivity index is 1.54. The molecule has 3 aromatic rings. The first-order chi connectivity index (χ1) is 10.3. The van der Waals surface area contributed by atoms with Crippen molar-refractivity contribution in [3.05, 3.63) is 39.4 Å². The van der Waals surface area contributed by atoms with Crippen LogP contribution in [0.2, 0.25) is 0 Å². The van der Waals surface area contributed by atoms with E-state index in [2.05, 4.69) is 32.6 Å². The van der Waals surface area contributed by atoms with E-state index in [9.17, 15) is 0 Å². The van der Waals surface area contributed by atoms with E-state index in [0.717, 1.165) is 27.6 Å². The third kappa shape index (κ3) is 2.37. The Morgan fingerprint density at radius 3 is 2.90 bits per heavy atom. The second-order valence-electron chi connectivity index (χ2n) is 5.52. The number of rotatable bonds is 4. The van der Waals surface area contributed by atoms with Gasteiger partial charge in [0, 0.05) is 23.8 Å². The molecule has 1 N–H and O–H groups in total. The molecule has 0 amide bonds. The normalized spacial score (nSPS) is 17.0. The highest BCUT2D eigenvalue weighted by Crippen LogP contribution is 2.42. The van der Waals surface area contributed by atoms with Gasteiger partial charge in [-0.05, 0) is 38.3 Å². The van der Waals surface area contributed by atoms with Crippen molar-refractivity contribution < 1.29 is 0 Å². The Morgan fingerprint density at radius 1 is 1.33 bits per heavy atom. The van der Waals surface area contributed by atoms with Gasteiger partial charge in [-0.1, -0.05) is 11.3 Å². The van der Waals surface area contributed by atoms with E-state index in [0.29, 0.717) is 0 Å². The van der Waals surface area contributed by atoms with Gasteiger partial charge in [0.15, 0.2) is 0 Å². The molecule has 1 aliphatic rings. The number of aryl methyl sites for hydroxylation is 1. The minimum atomic E-state index is 0.0736. The van der Waals surface area contributed by atoms with Gasteiger partial charge in [0.05, 0.1) is 5.54 Å². The number of nitrogens with zero attached hydrogens (tertiary/aromatic N) is 3. The molecule has 6 heteroatoms. The third-order valence-electron chi connectivity index (χ3n) is 4.02. The van der Waals surface area contributed by atoms with Crippen molar-refractivity contribution >= 4 is 33.0 Å². The Labute approximate surface area is 131 Å². The molecule has 1 saturated carbocycles. The van der Waals surface area contributed by atoms with Crippen LogP contribution in [-0.4, -0.2) is 15.0 Å². The van der Waals surface area contributed by atoms with E-state index < -0.39 is 0 Å². The molecule has 1 aliphatic carbocycles. The van der Waals surface area contributed by atoms with Gasteiger partial charge >= 0.3 is 0 Å². The minimum Gasteiger partial charge on any atom is -0.299 e. The van der Waals surface area contributed by atoms with E-state index in [1.807, 2.05) is 18.3 Å². The van der Waals surface area contributed by atoms with Crippen LogP contribution in [0.3, 0.4) is 0 Å². The van der Waals surface area contributed by atoms with Crippen LogP contribution in [0.4, 0.5) is 0 Å². The maximum atomic E-state index is 4.69. The summed E-state index contributed by atoms with van der Waals surface area (Å²) in [5.41, 5.74) is 2.18. The lowest BCUT2D eigenvalue weighted by atomic mass is 9.77. The highest BCUT2D eigenvalue weighted by molar-refractivity contribution is 7.18. The molecule has 1 fully saturated rings. The van der Waals surface area contributed by atoms with Crippen LogP contribution >= 0.6 is 22.7 Å². The van der Waals surface area contributed by atoms with Crippen LogP contribution in [0.25, 0.3) is 10.3 Å². The second-order valence-corrected chi connectivity index (χ2v) is 7.44. The van der Waals surface area contributed by atoms with Gasteiger partial charge in [-0.3, -0.25) is 5.32 Å². The first kappa shape index (κ1) is 13.3. The number of aromatic nitrogens is 3. The van der Waals surface area contributed by atoms with Crippen LogP contribution in [0.1, 0.15) is 35.0 Å². The van der Waals surface area contributed by atoms with E-state index in [-0.39, 0.29) is 5.54 Å². The maximum Gasteiger partial charge on any atom is 0.143 e. The summed E-state index contributed by atoms with van der Waals surface area (Å²) in [7, 11) is 0. The molecule has 3 aromatic heterocycles. The van der Waals surface area contributed by atoms with Gasteiger partial charge in [-0.2, -0.15) is 0 Å². The molecular formula is C15H16N4S2. The molecule has 3 heterocycles. The predicted octanol–water partition coefficient (Wildman–Crippen LogP) is 3.63. The number of hydrogen-bond acceptors (Lipinski definition) is 6. The highest BCUT2D eigenvalue weighted by Gasteiger charge is 2.40. The van der Waals surface area contributed by atoms with E-state index in [1.54, 1.807) is 22.7 Å². The van der Waals surface area contributed by atoms with Crippen molar-refractivity contribution in [1.82, 2.24) is 20.3 Å². The number of pyridine rings is 1. The fraction of sp³-hybridized carbons (Fsp3) is 0.400. The summed E-state index contributed by atoms with van der Waals surface area (Å²) in [6.45, 7) is 2.85. The second kappa shape index (κ2) is 5.12. The van der Waals surface area contributed by atoms with Crippen molar-refractivity contribution in [2.45, 2.75) is 38.3 Å². The molecular weight excluding hydrogens is 300 g/mol. The van der Waals surface area contributed by atoms with Crippen LogP contribution in [0.15, 0.2) is 23.7 Å². The first-order valence-corrected chi connectivity index (χ1v) is 8.83. The lowest BCUT2D eigenvalue weighted by molar-refractivity contribution is 0.182. The van der Waals surface area contributed by atoms with Crippen molar-refractivity contribution in [1.29, 1.82) is 0 Å². The Hall–Kier alpha value is -1.37. The molecule has 108 valence electrons. The quantitative estimate of drug-likeness (QED) is 0.798. The van der Waals surface area contributed by atoms with Crippen molar-refractivity contribution in [2.75, 3.05) is 0 Å². The van der Waals surface area contributed by atoms with Crippen LogP contribution in [-0.2, 0) is 12.1 Å².